The summed E-state index contributed by atoms with van der Waals surface area (Å²) >= 11 is 11.9. The number of benzene rings is 1. The Bertz CT molecular complexity index is 499. The van der Waals surface area contributed by atoms with Crippen molar-refractivity contribution in [2.24, 2.45) is 11.7 Å². The standard InChI is InChI=1S/C14H18Cl2N2O2.ClH/c1-9(7-17)14(19)18-4-5-20-13(8-18)10-2-3-11(15)12(16)6-10;/h2-3,6,9,13H,4-5,7-8,17H2,1H3;1H. The third-order valence-electron chi connectivity index (χ3n) is 3.47. The number of halogens is 3. The summed E-state index contributed by atoms with van der Waals surface area (Å²) in [6.07, 6.45) is -0.174. The summed E-state index contributed by atoms with van der Waals surface area (Å²) in [5.74, 6) is -0.0941. The molecule has 2 unspecified atom stereocenters. The molecule has 2 atom stereocenters. The van der Waals surface area contributed by atoms with Crippen LogP contribution < -0.4 is 5.73 Å². The Labute approximate surface area is 140 Å². The van der Waals surface area contributed by atoms with Crippen LogP contribution >= 0.6 is 35.6 Å². The maximum Gasteiger partial charge on any atom is 0.226 e. The van der Waals surface area contributed by atoms with Gasteiger partial charge >= 0.3 is 0 Å². The van der Waals surface area contributed by atoms with E-state index in [9.17, 15) is 4.79 Å². The van der Waals surface area contributed by atoms with Crippen LogP contribution in [0.4, 0.5) is 0 Å². The first-order chi connectivity index (χ1) is 9.52. The van der Waals surface area contributed by atoms with Crippen LogP contribution in [0.3, 0.4) is 0 Å². The number of carbonyl (C=O) groups is 1. The van der Waals surface area contributed by atoms with Crippen molar-refractivity contribution in [3.8, 4) is 0 Å². The van der Waals surface area contributed by atoms with Crippen molar-refractivity contribution in [2.75, 3.05) is 26.2 Å². The van der Waals surface area contributed by atoms with Crippen LogP contribution in [0.25, 0.3) is 0 Å². The maximum atomic E-state index is 12.2. The van der Waals surface area contributed by atoms with E-state index in [0.29, 0.717) is 36.3 Å². The molecule has 0 aromatic heterocycles. The van der Waals surface area contributed by atoms with Gasteiger partial charge in [0, 0.05) is 19.0 Å². The highest BCUT2D eigenvalue weighted by Crippen LogP contribution is 2.29. The summed E-state index contributed by atoms with van der Waals surface area (Å²) < 4.78 is 5.73. The number of carbonyl (C=O) groups excluding carboxylic acids is 1. The highest BCUT2D eigenvalue weighted by atomic mass is 35.5. The summed E-state index contributed by atoms with van der Waals surface area (Å²) in [4.78, 5) is 14.0. The highest BCUT2D eigenvalue weighted by molar-refractivity contribution is 6.42. The molecule has 7 heteroatoms. The molecule has 21 heavy (non-hydrogen) atoms. The molecule has 1 aromatic rings. The van der Waals surface area contributed by atoms with E-state index < -0.39 is 0 Å². The zero-order chi connectivity index (χ0) is 14.7. The van der Waals surface area contributed by atoms with Gasteiger partial charge in [-0.05, 0) is 17.7 Å². The van der Waals surface area contributed by atoms with E-state index in [1.165, 1.54) is 0 Å². The molecule has 2 rings (SSSR count). The Morgan fingerprint density at radius 1 is 1.48 bits per heavy atom. The van der Waals surface area contributed by atoms with Crippen molar-refractivity contribution >= 4 is 41.5 Å². The van der Waals surface area contributed by atoms with Gasteiger partial charge < -0.3 is 15.4 Å². The van der Waals surface area contributed by atoms with E-state index in [1.807, 2.05) is 13.0 Å². The largest absolute Gasteiger partial charge is 0.370 e. The second-order valence-corrected chi connectivity index (χ2v) is 5.77. The number of nitrogens with two attached hydrogens (primary N) is 1. The van der Waals surface area contributed by atoms with Gasteiger partial charge in [-0.1, -0.05) is 36.2 Å². The van der Waals surface area contributed by atoms with E-state index in [1.54, 1.807) is 17.0 Å². The Morgan fingerprint density at radius 2 is 2.19 bits per heavy atom. The topological polar surface area (TPSA) is 55.6 Å². The van der Waals surface area contributed by atoms with Gasteiger partial charge in [0.15, 0.2) is 0 Å². The van der Waals surface area contributed by atoms with E-state index >= 15 is 0 Å². The lowest BCUT2D eigenvalue weighted by molar-refractivity contribution is -0.142. The van der Waals surface area contributed by atoms with Crippen LogP contribution in [0, 0.1) is 5.92 Å². The minimum Gasteiger partial charge on any atom is -0.370 e. The van der Waals surface area contributed by atoms with Gasteiger partial charge in [-0.2, -0.15) is 0 Å². The van der Waals surface area contributed by atoms with Crippen LogP contribution in [0.1, 0.15) is 18.6 Å². The van der Waals surface area contributed by atoms with Crippen molar-refractivity contribution in [2.45, 2.75) is 13.0 Å². The highest BCUT2D eigenvalue weighted by Gasteiger charge is 2.27. The fraction of sp³-hybridized carbons (Fsp3) is 0.500. The molecule has 4 nitrogen and oxygen atoms in total. The lowest BCUT2D eigenvalue weighted by Crippen LogP contribution is -2.45. The van der Waals surface area contributed by atoms with Gasteiger partial charge in [-0.25, -0.2) is 0 Å². The summed E-state index contributed by atoms with van der Waals surface area (Å²) in [6.45, 7) is 3.82. The lowest BCUT2D eigenvalue weighted by atomic mass is 10.1. The van der Waals surface area contributed by atoms with Crippen molar-refractivity contribution in [1.29, 1.82) is 0 Å². The molecule has 118 valence electrons. The SMILES string of the molecule is CC(CN)C(=O)N1CCOC(c2ccc(Cl)c(Cl)c2)C1.Cl. The first kappa shape index (κ1) is 18.5. The first-order valence-corrected chi connectivity index (χ1v) is 7.34. The first-order valence-electron chi connectivity index (χ1n) is 6.58. The smallest absolute Gasteiger partial charge is 0.226 e. The fourth-order valence-corrected chi connectivity index (χ4v) is 2.48. The number of nitrogens with zero attached hydrogens (tertiary/aromatic N) is 1. The summed E-state index contributed by atoms with van der Waals surface area (Å²) in [5.41, 5.74) is 6.48. The Morgan fingerprint density at radius 3 is 2.81 bits per heavy atom. The lowest BCUT2D eigenvalue weighted by Gasteiger charge is -2.34. The average Bonchev–Trinajstić information content (AvgIpc) is 2.48. The minimum absolute atomic E-state index is 0. The number of morpholine rings is 1. The van der Waals surface area contributed by atoms with Gasteiger partial charge in [0.25, 0.3) is 0 Å². The molecule has 1 aliphatic rings. The summed E-state index contributed by atoms with van der Waals surface area (Å²) in [7, 11) is 0. The molecule has 0 saturated carbocycles. The van der Waals surface area contributed by atoms with Crippen molar-refractivity contribution in [3.05, 3.63) is 33.8 Å². The second kappa shape index (κ2) is 8.20. The van der Waals surface area contributed by atoms with Crippen LogP contribution in [0.5, 0.6) is 0 Å². The average molecular weight is 354 g/mol. The molecule has 1 saturated heterocycles. The fourth-order valence-electron chi connectivity index (χ4n) is 2.18. The maximum absolute atomic E-state index is 12.2. The summed E-state index contributed by atoms with van der Waals surface area (Å²) in [6, 6.07) is 5.40. The molecule has 1 aromatic carbocycles. The van der Waals surface area contributed by atoms with Crippen molar-refractivity contribution < 1.29 is 9.53 Å². The Balaban J connectivity index is 0.00000220. The van der Waals surface area contributed by atoms with Gasteiger partial charge in [0.1, 0.15) is 6.10 Å². The minimum atomic E-state index is -0.174. The molecular weight excluding hydrogens is 335 g/mol. The van der Waals surface area contributed by atoms with Gasteiger partial charge in [-0.15, -0.1) is 12.4 Å². The van der Waals surface area contributed by atoms with Gasteiger partial charge in [0.2, 0.25) is 5.91 Å². The van der Waals surface area contributed by atoms with Gasteiger partial charge in [0.05, 0.1) is 23.2 Å². The van der Waals surface area contributed by atoms with E-state index in [-0.39, 0.29) is 30.3 Å². The van der Waals surface area contributed by atoms with Crippen LogP contribution in [-0.4, -0.2) is 37.0 Å². The molecule has 0 radical (unpaired) electrons. The van der Waals surface area contributed by atoms with Crippen molar-refractivity contribution in [1.82, 2.24) is 4.90 Å². The molecule has 0 spiro atoms. The zero-order valence-corrected chi connectivity index (χ0v) is 14.0. The second-order valence-electron chi connectivity index (χ2n) is 4.95. The third-order valence-corrected chi connectivity index (χ3v) is 4.21. The number of rotatable bonds is 3. The quantitative estimate of drug-likeness (QED) is 0.909. The van der Waals surface area contributed by atoms with Gasteiger partial charge in [-0.3, -0.25) is 4.79 Å². The Kier molecular flexibility index (Phi) is 7.24. The van der Waals surface area contributed by atoms with E-state index in [0.717, 1.165) is 5.56 Å². The zero-order valence-electron chi connectivity index (χ0n) is 11.7. The molecule has 1 fully saturated rings. The summed E-state index contributed by atoms with van der Waals surface area (Å²) in [5, 5.41) is 1.00. The molecule has 2 N–H and O–H groups in total. The van der Waals surface area contributed by atoms with E-state index in [4.69, 9.17) is 33.7 Å². The molecule has 0 aliphatic carbocycles. The molecule has 1 heterocycles. The molecule has 0 bridgehead atoms. The van der Waals surface area contributed by atoms with Crippen LogP contribution in [-0.2, 0) is 9.53 Å². The van der Waals surface area contributed by atoms with Crippen LogP contribution in [0.15, 0.2) is 18.2 Å². The number of ether oxygens (including phenoxy) is 1. The monoisotopic (exact) mass is 352 g/mol. The molecule has 1 amide bonds. The normalized spacial score (nSPS) is 19.8. The van der Waals surface area contributed by atoms with E-state index in [2.05, 4.69) is 0 Å². The van der Waals surface area contributed by atoms with Crippen LogP contribution in [0.2, 0.25) is 10.0 Å². The number of hydrogen-bond acceptors (Lipinski definition) is 3. The Hall–Kier alpha value is -0.520. The molecule has 1 aliphatic heterocycles. The number of hydrogen-bond donors (Lipinski definition) is 1. The number of amides is 1. The predicted molar refractivity (Wildman–Crippen MR) is 87.2 cm³/mol. The predicted octanol–water partition coefficient (Wildman–Crippen LogP) is 2.91. The third kappa shape index (κ3) is 4.47. The van der Waals surface area contributed by atoms with Crippen molar-refractivity contribution in [3.63, 3.8) is 0 Å². The molecular formula is C14H19Cl3N2O2.